The molecule has 0 aliphatic rings. The molecular weight excluding hydrogens is 457 g/mol. The minimum Gasteiger partial charge on any atom is -0.466 e. The van der Waals surface area contributed by atoms with Crippen LogP contribution < -0.4 is 10.6 Å². The zero-order chi connectivity index (χ0) is 22.9. The SMILES string of the molecule is CCOC(=O)Cc1csc(NC(=O)CSc2ccc(NC(=O)c3cccc(F)c3)nn2)n1. The van der Waals surface area contributed by atoms with Crippen LogP contribution in [0.25, 0.3) is 0 Å². The first kappa shape index (κ1) is 23.3. The maximum absolute atomic E-state index is 13.2. The van der Waals surface area contributed by atoms with Crippen LogP contribution in [0.1, 0.15) is 23.0 Å². The van der Waals surface area contributed by atoms with E-state index in [1.807, 2.05) is 0 Å². The lowest BCUT2D eigenvalue weighted by Gasteiger charge is -2.05. The molecule has 9 nitrogen and oxygen atoms in total. The van der Waals surface area contributed by atoms with E-state index in [2.05, 4.69) is 25.8 Å². The quantitative estimate of drug-likeness (QED) is 0.357. The molecule has 0 aliphatic carbocycles. The first-order valence-electron chi connectivity index (χ1n) is 9.36. The highest BCUT2D eigenvalue weighted by Gasteiger charge is 2.12. The van der Waals surface area contributed by atoms with E-state index < -0.39 is 11.7 Å². The number of nitrogens with one attached hydrogen (secondary N) is 2. The molecule has 166 valence electrons. The topological polar surface area (TPSA) is 123 Å². The Hall–Kier alpha value is -3.38. The summed E-state index contributed by atoms with van der Waals surface area (Å²) in [6.45, 7) is 2.02. The van der Waals surface area contributed by atoms with E-state index >= 15 is 0 Å². The minimum atomic E-state index is -0.512. The number of thiazole rings is 1. The molecule has 0 radical (unpaired) electrons. The van der Waals surface area contributed by atoms with Gasteiger partial charge in [0.2, 0.25) is 5.91 Å². The molecule has 0 bridgehead atoms. The van der Waals surface area contributed by atoms with Crippen LogP contribution in [0.2, 0.25) is 0 Å². The summed E-state index contributed by atoms with van der Waals surface area (Å²) < 4.78 is 18.1. The molecule has 0 spiro atoms. The van der Waals surface area contributed by atoms with Gasteiger partial charge < -0.3 is 15.4 Å². The number of carbonyl (C=O) groups is 3. The molecule has 1 aromatic carbocycles. The van der Waals surface area contributed by atoms with Crippen molar-refractivity contribution < 1.29 is 23.5 Å². The van der Waals surface area contributed by atoms with E-state index in [0.29, 0.717) is 22.5 Å². The summed E-state index contributed by atoms with van der Waals surface area (Å²) in [6.07, 6.45) is 0.0483. The molecule has 2 heterocycles. The van der Waals surface area contributed by atoms with Crippen LogP contribution in [0.4, 0.5) is 15.3 Å². The van der Waals surface area contributed by atoms with Crippen molar-refractivity contribution in [3.8, 4) is 0 Å². The fraction of sp³-hybridized carbons (Fsp3) is 0.200. The largest absolute Gasteiger partial charge is 0.466 e. The number of nitrogens with zero attached hydrogens (tertiary/aromatic N) is 3. The second-order valence-electron chi connectivity index (χ2n) is 6.18. The number of anilines is 2. The predicted molar refractivity (Wildman–Crippen MR) is 118 cm³/mol. The standard InChI is InChI=1S/C20H18FN5O4S2/c1-2-30-18(28)9-14-10-32-20(22-14)24-16(27)11-31-17-7-6-15(25-26-17)23-19(29)12-4-3-5-13(21)8-12/h3-8,10H,2,9,11H2,1H3,(H,22,24,27)(H,23,25,29). The summed E-state index contributed by atoms with van der Waals surface area (Å²) in [5.41, 5.74) is 0.688. The number of hydrogen-bond donors (Lipinski definition) is 2. The maximum Gasteiger partial charge on any atom is 0.311 e. The van der Waals surface area contributed by atoms with Crippen LogP contribution >= 0.6 is 23.1 Å². The van der Waals surface area contributed by atoms with E-state index in [1.54, 1.807) is 18.4 Å². The van der Waals surface area contributed by atoms with Gasteiger partial charge in [-0.15, -0.1) is 21.5 Å². The van der Waals surface area contributed by atoms with Crippen molar-refractivity contribution in [2.24, 2.45) is 0 Å². The van der Waals surface area contributed by atoms with Gasteiger partial charge >= 0.3 is 5.97 Å². The molecule has 3 aromatic rings. The summed E-state index contributed by atoms with van der Waals surface area (Å²) in [5.74, 6) is -1.43. The van der Waals surface area contributed by atoms with Gasteiger partial charge in [-0.25, -0.2) is 9.37 Å². The molecule has 0 atom stereocenters. The molecule has 0 fully saturated rings. The van der Waals surface area contributed by atoms with Crippen LogP contribution in [-0.2, 0) is 20.7 Å². The van der Waals surface area contributed by atoms with E-state index in [-0.39, 0.29) is 35.4 Å². The van der Waals surface area contributed by atoms with Crippen molar-refractivity contribution in [3.05, 3.63) is 58.9 Å². The highest BCUT2D eigenvalue weighted by molar-refractivity contribution is 7.99. The number of halogens is 1. The van der Waals surface area contributed by atoms with Gasteiger partial charge in [-0.3, -0.25) is 14.4 Å². The van der Waals surface area contributed by atoms with Crippen molar-refractivity contribution >= 4 is 51.8 Å². The van der Waals surface area contributed by atoms with Gasteiger partial charge in [0.05, 0.1) is 24.5 Å². The van der Waals surface area contributed by atoms with Gasteiger partial charge in [-0.1, -0.05) is 17.8 Å². The van der Waals surface area contributed by atoms with Gasteiger partial charge in [0.15, 0.2) is 10.9 Å². The number of esters is 1. The Morgan fingerprint density at radius 1 is 1.16 bits per heavy atom. The second kappa shape index (κ2) is 11.3. The second-order valence-corrected chi connectivity index (χ2v) is 8.04. The van der Waals surface area contributed by atoms with E-state index in [0.717, 1.165) is 17.8 Å². The summed E-state index contributed by atoms with van der Waals surface area (Å²) in [7, 11) is 0. The molecule has 0 unspecified atom stereocenters. The first-order chi connectivity index (χ1) is 15.4. The number of hydrogen-bond acceptors (Lipinski definition) is 9. The number of thioether (sulfide) groups is 1. The third-order valence-electron chi connectivity index (χ3n) is 3.75. The Morgan fingerprint density at radius 2 is 2.00 bits per heavy atom. The summed E-state index contributed by atoms with van der Waals surface area (Å²) >= 11 is 2.37. The molecule has 2 amide bonds. The normalized spacial score (nSPS) is 10.4. The van der Waals surface area contributed by atoms with Crippen LogP contribution in [0.15, 0.2) is 46.8 Å². The van der Waals surface area contributed by atoms with Crippen LogP contribution in [-0.4, -0.2) is 45.3 Å². The summed E-state index contributed by atoms with van der Waals surface area (Å²) in [6, 6.07) is 8.42. The van der Waals surface area contributed by atoms with Gasteiger partial charge in [0.25, 0.3) is 5.91 Å². The summed E-state index contributed by atoms with van der Waals surface area (Å²) in [4.78, 5) is 39.9. The lowest BCUT2D eigenvalue weighted by molar-refractivity contribution is -0.142. The molecule has 32 heavy (non-hydrogen) atoms. The van der Waals surface area contributed by atoms with Crippen molar-refractivity contribution in [1.82, 2.24) is 15.2 Å². The molecule has 3 rings (SSSR count). The van der Waals surface area contributed by atoms with Gasteiger partial charge in [-0.2, -0.15) is 0 Å². The third-order valence-corrected chi connectivity index (χ3v) is 5.48. The number of amides is 2. The third kappa shape index (κ3) is 7.10. The molecule has 2 N–H and O–H groups in total. The van der Waals surface area contributed by atoms with Crippen molar-refractivity contribution in [2.45, 2.75) is 18.4 Å². The van der Waals surface area contributed by atoms with Gasteiger partial charge in [-0.05, 0) is 37.3 Å². The molecule has 0 aliphatic heterocycles. The maximum atomic E-state index is 13.2. The lowest BCUT2D eigenvalue weighted by Crippen LogP contribution is -2.15. The van der Waals surface area contributed by atoms with Crippen molar-refractivity contribution in [3.63, 3.8) is 0 Å². The molecule has 0 saturated carbocycles. The van der Waals surface area contributed by atoms with Crippen LogP contribution in [0.3, 0.4) is 0 Å². The average molecular weight is 476 g/mol. The molecule has 2 aromatic heterocycles. The Labute approximate surface area is 190 Å². The van der Waals surface area contributed by atoms with E-state index in [9.17, 15) is 18.8 Å². The highest BCUT2D eigenvalue weighted by atomic mass is 32.2. The molecule has 12 heteroatoms. The number of benzene rings is 1. The van der Waals surface area contributed by atoms with Crippen molar-refractivity contribution in [1.29, 1.82) is 0 Å². The number of aromatic nitrogens is 3. The Bertz CT molecular complexity index is 1110. The predicted octanol–water partition coefficient (Wildman–Crippen LogP) is 3.16. The fourth-order valence-electron chi connectivity index (χ4n) is 2.38. The van der Waals surface area contributed by atoms with Gasteiger partial charge in [0.1, 0.15) is 10.8 Å². The first-order valence-corrected chi connectivity index (χ1v) is 11.2. The smallest absolute Gasteiger partial charge is 0.311 e. The summed E-state index contributed by atoms with van der Waals surface area (Å²) in [5, 5.41) is 15.6. The van der Waals surface area contributed by atoms with E-state index in [4.69, 9.17) is 4.74 Å². The minimum absolute atomic E-state index is 0.0483. The van der Waals surface area contributed by atoms with Crippen LogP contribution in [0.5, 0.6) is 0 Å². The Morgan fingerprint density at radius 3 is 2.72 bits per heavy atom. The van der Waals surface area contributed by atoms with E-state index in [1.165, 1.54) is 35.6 Å². The lowest BCUT2D eigenvalue weighted by atomic mass is 10.2. The number of carbonyl (C=O) groups excluding carboxylic acids is 3. The number of rotatable bonds is 9. The Kier molecular flexibility index (Phi) is 8.22. The monoisotopic (exact) mass is 475 g/mol. The highest BCUT2D eigenvalue weighted by Crippen LogP contribution is 2.19. The molecule has 0 saturated heterocycles. The fourth-order valence-corrected chi connectivity index (χ4v) is 3.72. The zero-order valence-corrected chi connectivity index (χ0v) is 18.5. The van der Waals surface area contributed by atoms with Gasteiger partial charge in [0, 0.05) is 10.9 Å². The molecular formula is C20H18FN5O4S2. The average Bonchev–Trinajstić information content (AvgIpc) is 3.19. The van der Waals surface area contributed by atoms with Crippen LogP contribution in [0, 0.1) is 5.82 Å². The Balaban J connectivity index is 1.45. The zero-order valence-electron chi connectivity index (χ0n) is 16.8. The van der Waals surface area contributed by atoms with Crippen molar-refractivity contribution in [2.75, 3.05) is 23.0 Å². The number of ether oxygens (including phenoxy) is 1.